The van der Waals surface area contributed by atoms with Gasteiger partial charge in [0, 0.05) is 32.7 Å². The minimum atomic E-state index is 0.639. The SMILES string of the molecule is COCC1CCN(C(=S)NCC(C)C)C1. The third-order valence-electron chi connectivity index (χ3n) is 2.64. The molecule has 1 atom stereocenters. The van der Waals surface area contributed by atoms with E-state index >= 15 is 0 Å². The first kappa shape index (κ1) is 12.7. The number of likely N-dealkylation sites (tertiary alicyclic amines) is 1. The van der Waals surface area contributed by atoms with E-state index in [9.17, 15) is 0 Å². The van der Waals surface area contributed by atoms with Gasteiger partial charge in [-0.15, -0.1) is 0 Å². The molecule has 0 spiro atoms. The van der Waals surface area contributed by atoms with E-state index in [0.29, 0.717) is 11.8 Å². The maximum Gasteiger partial charge on any atom is 0.168 e. The van der Waals surface area contributed by atoms with Crippen molar-refractivity contribution in [3.63, 3.8) is 0 Å². The Morgan fingerprint density at radius 1 is 1.60 bits per heavy atom. The molecule has 0 amide bonds. The Morgan fingerprint density at radius 2 is 2.33 bits per heavy atom. The fourth-order valence-corrected chi connectivity index (χ4v) is 2.04. The topological polar surface area (TPSA) is 24.5 Å². The molecular formula is C11H22N2OS. The molecular weight excluding hydrogens is 208 g/mol. The molecule has 1 aliphatic rings. The molecule has 1 unspecified atom stereocenters. The first-order chi connectivity index (χ1) is 7.13. The number of hydrogen-bond acceptors (Lipinski definition) is 2. The Kier molecular flexibility index (Phi) is 5.32. The van der Waals surface area contributed by atoms with E-state index < -0.39 is 0 Å². The van der Waals surface area contributed by atoms with E-state index in [1.54, 1.807) is 7.11 Å². The van der Waals surface area contributed by atoms with Gasteiger partial charge in [0.1, 0.15) is 0 Å². The minimum Gasteiger partial charge on any atom is -0.384 e. The molecule has 0 saturated carbocycles. The van der Waals surface area contributed by atoms with Crippen molar-refractivity contribution in [2.45, 2.75) is 20.3 Å². The first-order valence-corrected chi connectivity index (χ1v) is 6.06. The van der Waals surface area contributed by atoms with Crippen LogP contribution in [-0.2, 0) is 4.74 Å². The average molecular weight is 230 g/mol. The summed E-state index contributed by atoms with van der Waals surface area (Å²) in [6, 6.07) is 0. The Labute approximate surface area is 98.2 Å². The molecule has 15 heavy (non-hydrogen) atoms. The van der Waals surface area contributed by atoms with Gasteiger partial charge in [-0.05, 0) is 24.6 Å². The Bertz CT molecular complexity index is 209. The number of hydrogen-bond donors (Lipinski definition) is 1. The quantitative estimate of drug-likeness (QED) is 0.740. The molecule has 1 aliphatic heterocycles. The molecule has 4 heteroatoms. The molecule has 1 heterocycles. The van der Waals surface area contributed by atoms with Crippen molar-refractivity contribution < 1.29 is 4.74 Å². The van der Waals surface area contributed by atoms with Crippen LogP contribution in [0.3, 0.4) is 0 Å². The highest BCUT2D eigenvalue weighted by molar-refractivity contribution is 7.80. The van der Waals surface area contributed by atoms with E-state index in [2.05, 4.69) is 24.1 Å². The summed E-state index contributed by atoms with van der Waals surface area (Å²) in [6.45, 7) is 8.30. The standard InChI is InChI=1S/C11H22N2OS/c1-9(2)6-12-11(15)13-5-4-10(7-13)8-14-3/h9-10H,4-8H2,1-3H3,(H,12,15). The monoisotopic (exact) mass is 230 g/mol. The van der Waals surface area contributed by atoms with Crippen LogP contribution in [0.1, 0.15) is 20.3 Å². The second-order valence-electron chi connectivity index (χ2n) is 4.64. The summed E-state index contributed by atoms with van der Waals surface area (Å²) in [5.41, 5.74) is 0. The molecule has 0 aromatic heterocycles. The van der Waals surface area contributed by atoms with Crippen molar-refractivity contribution in [2.75, 3.05) is 33.4 Å². The van der Waals surface area contributed by atoms with Crippen molar-refractivity contribution in [1.82, 2.24) is 10.2 Å². The van der Waals surface area contributed by atoms with E-state index in [-0.39, 0.29) is 0 Å². The van der Waals surface area contributed by atoms with Crippen LogP contribution >= 0.6 is 12.2 Å². The van der Waals surface area contributed by atoms with Crippen LogP contribution in [0.4, 0.5) is 0 Å². The third-order valence-corrected chi connectivity index (χ3v) is 3.04. The Hall–Kier alpha value is -0.350. The molecule has 0 aromatic carbocycles. The summed E-state index contributed by atoms with van der Waals surface area (Å²) >= 11 is 5.34. The number of nitrogens with one attached hydrogen (secondary N) is 1. The van der Waals surface area contributed by atoms with Crippen LogP contribution < -0.4 is 5.32 Å². The smallest absolute Gasteiger partial charge is 0.168 e. The summed E-state index contributed by atoms with van der Waals surface area (Å²) in [6.07, 6.45) is 1.19. The van der Waals surface area contributed by atoms with E-state index in [1.165, 1.54) is 6.42 Å². The van der Waals surface area contributed by atoms with Crippen molar-refractivity contribution in [2.24, 2.45) is 11.8 Å². The number of thiocarbonyl (C=S) groups is 1. The highest BCUT2D eigenvalue weighted by Gasteiger charge is 2.23. The summed E-state index contributed by atoms with van der Waals surface area (Å²) in [7, 11) is 1.76. The van der Waals surface area contributed by atoms with Crippen molar-refractivity contribution in [3.8, 4) is 0 Å². The molecule has 0 bridgehead atoms. The van der Waals surface area contributed by atoms with Gasteiger partial charge in [0.05, 0.1) is 6.61 Å². The molecule has 0 aromatic rings. The largest absolute Gasteiger partial charge is 0.384 e. The average Bonchev–Trinajstić information content (AvgIpc) is 2.63. The Balaban J connectivity index is 2.24. The lowest BCUT2D eigenvalue weighted by atomic mass is 10.1. The van der Waals surface area contributed by atoms with Crippen LogP contribution in [0.5, 0.6) is 0 Å². The van der Waals surface area contributed by atoms with Crippen molar-refractivity contribution >= 4 is 17.3 Å². The number of nitrogens with zero attached hydrogens (tertiary/aromatic N) is 1. The maximum absolute atomic E-state index is 5.34. The lowest BCUT2D eigenvalue weighted by Crippen LogP contribution is -2.39. The van der Waals surface area contributed by atoms with Gasteiger partial charge >= 0.3 is 0 Å². The lowest BCUT2D eigenvalue weighted by molar-refractivity contribution is 0.157. The van der Waals surface area contributed by atoms with Gasteiger partial charge in [-0.2, -0.15) is 0 Å². The van der Waals surface area contributed by atoms with Gasteiger partial charge in [-0.3, -0.25) is 0 Å². The fourth-order valence-electron chi connectivity index (χ4n) is 1.79. The van der Waals surface area contributed by atoms with Crippen LogP contribution in [0.15, 0.2) is 0 Å². The predicted octanol–water partition coefficient (Wildman–Crippen LogP) is 1.49. The summed E-state index contributed by atoms with van der Waals surface area (Å²) in [4.78, 5) is 2.25. The number of ether oxygens (including phenoxy) is 1. The van der Waals surface area contributed by atoms with Crippen molar-refractivity contribution in [3.05, 3.63) is 0 Å². The molecule has 0 aliphatic carbocycles. The van der Waals surface area contributed by atoms with Gasteiger partial charge in [0.2, 0.25) is 0 Å². The van der Waals surface area contributed by atoms with Crippen LogP contribution in [0, 0.1) is 11.8 Å². The van der Waals surface area contributed by atoms with Gasteiger partial charge < -0.3 is 15.0 Å². The zero-order valence-electron chi connectivity index (χ0n) is 9.95. The summed E-state index contributed by atoms with van der Waals surface area (Å²) in [5.74, 6) is 1.29. The van der Waals surface area contributed by atoms with Crippen LogP contribution in [0.2, 0.25) is 0 Å². The van der Waals surface area contributed by atoms with Crippen LogP contribution in [-0.4, -0.2) is 43.4 Å². The van der Waals surface area contributed by atoms with Crippen molar-refractivity contribution in [1.29, 1.82) is 0 Å². The molecule has 0 radical (unpaired) electrons. The molecule has 1 N–H and O–H groups in total. The zero-order chi connectivity index (χ0) is 11.3. The predicted molar refractivity (Wildman–Crippen MR) is 67.0 cm³/mol. The zero-order valence-corrected chi connectivity index (χ0v) is 10.8. The normalized spacial score (nSPS) is 21.1. The second kappa shape index (κ2) is 6.28. The second-order valence-corrected chi connectivity index (χ2v) is 5.02. The summed E-state index contributed by atoms with van der Waals surface area (Å²) < 4.78 is 5.16. The highest BCUT2D eigenvalue weighted by Crippen LogP contribution is 2.16. The van der Waals surface area contributed by atoms with E-state index in [4.69, 9.17) is 17.0 Å². The highest BCUT2D eigenvalue weighted by atomic mass is 32.1. The fraction of sp³-hybridized carbons (Fsp3) is 0.909. The lowest BCUT2D eigenvalue weighted by Gasteiger charge is -2.21. The molecule has 88 valence electrons. The van der Waals surface area contributed by atoms with E-state index in [1.807, 2.05) is 0 Å². The minimum absolute atomic E-state index is 0.639. The first-order valence-electron chi connectivity index (χ1n) is 5.65. The Morgan fingerprint density at radius 3 is 2.93 bits per heavy atom. The van der Waals surface area contributed by atoms with Gasteiger partial charge in [0.15, 0.2) is 5.11 Å². The summed E-state index contributed by atoms with van der Waals surface area (Å²) in [5, 5.41) is 4.21. The van der Waals surface area contributed by atoms with E-state index in [0.717, 1.165) is 31.4 Å². The van der Waals surface area contributed by atoms with Crippen LogP contribution in [0.25, 0.3) is 0 Å². The number of rotatable bonds is 4. The van der Waals surface area contributed by atoms with Gasteiger partial charge in [-0.25, -0.2) is 0 Å². The molecule has 3 nitrogen and oxygen atoms in total. The number of methoxy groups -OCH3 is 1. The molecule has 1 fully saturated rings. The molecule has 1 rings (SSSR count). The molecule has 1 saturated heterocycles. The third kappa shape index (κ3) is 4.34. The van der Waals surface area contributed by atoms with Gasteiger partial charge in [0.25, 0.3) is 0 Å². The maximum atomic E-state index is 5.34. The van der Waals surface area contributed by atoms with Gasteiger partial charge in [-0.1, -0.05) is 13.8 Å².